The number of amides is 1. The van der Waals surface area contributed by atoms with E-state index in [1.165, 1.54) is 0 Å². The zero-order chi connectivity index (χ0) is 18.2. The van der Waals surface area contributed by atoms with Gasteiger partial charge in [-0.05, 0) is 43.4 Å². The predicted octanol–water partition coefficient (Wildman–Crippen LogP) is 3.43. The average molecular weight is 362 g/mol. The Morgan fingerprint density at radius 3 is 2.84 bits per heavy atom. The van der Waals surface area contributed by atoms with E-state index in [2.05, 4.69) is 24.1 Å². The molecule has 2 saturated heterocycles. The Kier molecular flexibility index (Phi) is 5.06. The van der Waals surface area contributed by atoms with Crippen molar-refractivity contribution < 1.29 is 9.53 Å². The van der Waals surface area contributed by atoms with E-state index in [0.717, 1.165) is 26.0 Å². The van der Waals surface area contributed by atoms with Crippen molar-refractivity contribution in [1.29, 1.82) is 5.26 Å². The number of benzene rings is 1. The second-order valence-corrected chi connectivity index (χ2v) is 8.04. The Bertz CT molecular complexity index is 707. The van der Waals surface area contributed by atoms with Gasteiger partial charge >= 0.3 is 0 Å². The van der Waals surface area contributed by atoms with E-state index in [9.17, 15) is 4.79 Å². The van der Waals surface area contributed by atoms with Gasteiger partial charge in [-0.2, -0.15) is 5.26 Å². The van der Waals surface area contributed by atoms with Gasteiger partial charge in [0.15, 0.2) is 0 Å². The van der Waals surface area contributed by atoms with Crippen molar-refractivity contribution in [3.63, 3.8) is 0 Å². The van der Waals surface area contributed by atoms with Gasteiger partial charge in [-0.1, -0.05) is 25.4 Å². The fourth-order valence-electron chi connectivity index (χ4n) is 4.03. The van der Waals surface area contributed by atoms with Gasteiger partial charge in [0.25, 0.3) is 0 Å². The number of likely N-dealkylation sites (tertiary alicyclic amines) is 1. The molecule has 2 aliphatic heterocycles. The third-order valence-electron chi connectivity index (χ3n) is 5.30. The van der Waals surface area contributed by atoms with E-state index < -0.39 is 0 Å². The molecule has 1 aromatic carbocycles. The summed E-state index contributed by atoms with van der Waals surface area (Å²) < 4.78 is 5.89. The number of halogens is 1. The minimum atomic E-state index is -0.253. The van der Waals surface area contributed by atoms with Gasteiger partial charge in [-0.15, -0.1) is 0 Å². The molecule has 1 aromatic rings. The van der Waals surface area contributed by atoms with Crippen LogP contribution in [0, 0.1) is 16.7 Å². The Morgan fingerprint density at radius 1 is 1.52 bits per heavy atom. The van der Waals surface area contributed by atoms with Crippen LogP contribution in [-0.4, -0.2) is 42.1 Å². The van der Waals surface area contributed by atoms with Crippen LogP contribution in [0.2, 0.25) is 5.02 Å². The van der Waals surface area contributed by atoms with Crippen LogP contribution in [0.25, 0.3) is 0 Å². The molecule has 0 saturated carbocycles. The highest BCUT2D eigenvalue weighted by Gasteiger charge is 2.53. The summed E-state index contributed by atoms with van der Waals surface area (Å²) in [6.07, 6.45) is 2.36. The van der Waals surface area contributed by atoms with E-state index in [-0.39, 0.29) is 29.5 Å². The van der Waals surface area contributed by atoms with Gasteiger partial charge in [-0.3, -0.25) is 9.69 Å². The van der Waals surface area contributed by atoms with E-state index in [4.69, 9.17) is 21.6 Å². The second-order valence-electron chi connectivity index (χ2n) is 7.63. The van der Waals surface area contributed by atoms with Crippen LogP contribution in [0.1, 0.15) is 39.2 Å². The molecule has 2 heterocycles. The van der Waals surface area contributed by atoms with Crippen molar-refractivity contribution in [3.05, 3.63) is 28.8 Å². The van der Waals surface area contributed by atoms with Crippen LogP contribution in [-0.2, 0) is 9.53 Å². The number of nitriles is 1. The first-order valence-electron chi connectivity index (χ1n) is 8.71. The molecule has 1 amide bonds. The molecular formula is C19H24ClN3O2. The van der Waals surface area contributed by atoms with E-state index in [1.54, 1.807) is 18.2 Å². The lowest BCUT2D eigenvalue weighted by atomic mass is 9.71. The van der Waals surface area contributed by atoms with Crippen molar-refractivity contribution in [2.24, 2.45) is 5.41 Å². The molecule has 134 valence electrons. The summed E-state index contributed by atoms with van der Waals surface area (Å²) in [4.78, 5) is 14.9. The molecular weight excluding hydrogens is 338 g/mol. The quantitative estimate of drug-likeness (QED) is 0.892. The number of rotatable bonds is 4. The lowest BCUT2D eigenvalue weighted by Gasteiger charge is -2.58. The first-order valence-corrected chi connectivity index (χ1v) is 9.09. The summed E-state index contributed by atoms with van der Waals surface area (Å²) in [5.74, 6) is -0.0701. The van der Waals surface area contributed by atoms with Crippen LogP contribution in [0.5, 0.6) is 0 Å². The summed E-state index contributed by atoms with van der Waals surface area (Å²) in [5.41, 5.74) is 1.16. The SMILES string of the molecule is CC(C(=O)Nc1ccc(C#N)c(Cl)c1)N1CC(C)(C)C1C1CCCO1. The van der Waals surface area contributed by atoms with Crippen molar-refractivity contribution in [2.75, 3.05) is 18.5 Å². The van der Waals surface area contributed by atoms with Crippen molar-refractivity contribution in [3.8, 4) is 6.07 Å². The van der Waals surface area contributed by atoms with Gasteiger partial charge in [0, 0.05) is 24.9 Å². The van der Waals surface area contributed by atoms with Crippen LogP contribution in [0.4, 0.5) is 5.69 Å². The lowest BCUT2D eigenvalue weighted by molar-refractivity contribution is -0.150. The zero-order valence-corrected chi connectivity index (χ0v) is 15.6. The van der Waals surface area contributed by atoms with E-state index in [0.29, 0.717) is 16.3 Å². The number of carbonyl (C=O) groups is 1. The van der Waals surface area contributed by atoms with Crippen LogP contribution < -0.4 is 5.32 Å². The monoisotopic (exact) mass is 361 g/mol. The molecule has 2 fully saturated rings. The molecule has 0 spiro atoms. The third kappa shape index (κ3) is 3.52. The molecule has 3 rings (SSSR count). The number of anilines is 1. The second kappa shape index (κ2) is 6.95. The number of nitrogens with zero attached hydrogens (tertiary/aromatic N) is 2. The number of carbonyl (C=O) groups excluding carboxylic acids is 1. The summed E-state index contributed by atoms with van der Waals surface area (Å²) in [5, 5.41) is 12.2. The largest absolute Gasteiger partial charge is 0.377 e. The van der Waals surface area contributed by atoms with Crippen LogP contribution in [0.3, 0.4) is 0 Å². The molecule has 0 radical (unpaired) electrons. The van der Waals surface area contributed by atoms with Crippen molar-refractivity contribution >= 4 is 23.2 Å². The highest BCUT2D eigenvalue weighted by Crippen LogP contribution is 2.43. The van der Waals surface area contributed by atoms with Gasteiger partial charge < -0.3 is 10.1 Å². The summed E-state index contributed by atoms with van der Waals surface area (Å²) >= 11 is 6.04. The number of ether oxygens (including phenoxy) is 1. The first kappa shape index (κ1) is 18.2. The van der Waals surface area contributed by atoms with Crippen LogP contribution >= 0.6 is 11.6 Å². The zero-order valence-electron chi connectivity index (χ0n) is 14.9. The van der Waals surface area contributed by atoms with Crippen molar-refractivity contribution in [1.82, 2.24) is 4.90 Å². The maximum atomic E-state index is 12.7. The van der Waals surface area contributed by atoms with E-state index in [1.807, 2.05) is 13.0 Å². The molecule has 0 bridgehead atoms. The molecule has 25 heavy (non-hydrogen) atoms. The number of hydrogen-bond acceptors (Lipinski definition) is 4. The van der Waals surface area contributed by atoms with Gasteiger partial charge in [-0.25, -0.2) is 0 Å². The molecule has 2 aliphatic rings. The molecule has 3 atom stereocenters. The Balaban J connectivity index is 1.68. The fraction of sp³-hybridized carbons (Fsp3) is 0.579. The van der Waals surface area contributed by atoms with Gasteiger partial charge in [0.1, 0.15) is 6.07 Å². The highest BCUT2D eigenvalue weighted by molar-refractivity contribution is 6.32. The van der Waals surface area contributed by atoms with Gasteiger partial charge in [0.05, 0.1) is 22.7 Å². The molecule has 0 aliphatic carbocycles. The number of nitrogens with one attached hydrogen (secondary N) is 1. The number of hydrogen-bond donors (Lipinski definition) is 1. The maximum Gasteiger partial charge on any atom is 0.241 e. The Labute approximate surface area is 153 Å². The summed E-state index contributed by atoms with van der Waals surface area (Å²) in [6, 6.07) is 6.96. The predicted molar refractivity (Wildman–Crippen MR) is 97.5 cm³/mol. The highest BCUT2D eigenvalue weighted by atomic mass is 35.5. The minimum Gasteiger partial charge on any atom is -0.377 e. The summed E-state index contributed by atoms with van der Waals surface area (Å²) in [6.45, 7) is 8.09. The average Bonchev–Trinajstić information content (AvgIpc) is 3.05. The van der Waals surface area contributed by atoms with Crippen LogP contribution in [0.15, 0.2) is 18.2 Å². The lowest BCUT2D eigenvalue weighted by Crippen LogP contribution is -2.70. The topological polar surface area (TPSA) is 65.4 Å². The van der Waals surface area contributed by atoms with Gasteiger partial charge in [0.2, 0.25) is 5.91 Å². The smallest absolute Gasteiger partial charge is 0.241 e. The third-order valence-corrected chi connectivity index (χ3v) is 5.61. The Hall–Kier alpha value is -1.61. The molecule has 0 aromatic heterocycles. The summed E-state index contributed by atoms with van der Waals surface area (Å²) in [7, 11) is 0. The molecule has 3 unspecified atom stereocenters. The van der Waals surface area contributed by atoms with E-state index >= 15 is 0 Å². The van der Waals surface area contributed by atoms with Crippen molar-refractivity contribution in [2.45, 2.75) is 51.8 Å². The molecule has 1 N–H and O–H groups in total. The normalized spacial score (nSPS) is 26.5. The molecule has 5 nitrogen and oxygen atoms in total. The Morgan fingerprint density at radius 2 is 2.28 bits per heavy atom. The standard InChI is InChI=1S/C19H24ClN3O2/c1-12(18(24)22-14-7-6-13(10-21)15(20)9-14)23-11-19(2,3)17(23)16-5-4-8-25-16/h6-7,9,12,16-17H,4-5,8,11H2,1-3H3,(H,22,24). The minimum absolute atomic E-state index is 0.0701. The molecule has 6 heteroatoms. The fourth-order valence-corrected chi connectivity index (χ4v) is 4.25. The maximum absolute atomic E-state index is 12.7. The first-order chi connectivity index (χ1) is 11.8.